The zero-order chi connectivity index (χ0) is 17.9. The van der Waals surface area contributed by atoms with E-state index in [1.165, 1.54) is 25.5 Å². The second kappa shape index (κ2) is 5.47. The van der Waals surface area contributed by atoms with Gasteiger partial charge in [0.25, 0.3) is 0 Å². The summed E-state index contributed by atoms with van der Waals surface area (Å²) in [5.74, 6) is 1.38. The SMILES string of the molecule is CC(C)n1nc(-c2cnc(N)c(C(F)(F)F)c2)cc1C1C2CC[C@@H]1C2. The van der Waals surface area contributed by atoms with Gasteiger partial charge in [-0.3, -0.25) is 4.68 Å². The van der Waals surface area contributed by atoms with Gasteiger partial charge < -0.3 is 5.73 Å². The summed E-state index contributed by atoms with van der Waals surface area (Å²) < 4.78 is 41.3. The van der Waals surface area contributed by atoms with Gasteiger partial charge in [0.05, 0.1) is 11.3 Å². The molecule has 25 heavy (non-hydrogen) atoms. The number of rotatable bonds is 3. The fourth-order valence-corrected chi connectivity index (χ4v) is 4.43. The Labute approximate surface area is 144 Å². The van der Waals surface area contributed by atoms with E-state index in [1.807, 2.05) is 24.6 Å². The summed E-state index contributed by atoms with van der Waals surface area (Å²) >= 11 is 0. The maximum atomic E-state index is 13.1. The number of hydrogen-bond acceptors (Lipinski definition) is 3. The molecule has 0 aliphatic heterocycles. The molecule has 3 fully saturated rings. The van der Waals surface area contributed by atoms with Crippen LogP contribution in [-0.4, -0.2) is 14.8 Å². The number of hydrogen-bond donors (Lipinski definition) is 1. The topological polar surface area (TPSA) is 56.7 Å². The van der Waals surface area contributed by atoms with Crippen LogP contribution in [-0.2, 0) is 6.18 Å². The van der Waals surface area contributed by atoms with Crippen LogP contribution in [0, 0.1) is 11.8 Å². The Hall–Kier alpha value is -2.05. The summed E-state index contributed by atoms with van der Waals surface area (Å²) in [6.07, 6.45) is 0.608. The first kappa shape index (κ1) is 16.4. The highest BCUT2D eigenvalue weighted by Gasteiger charge is 2.49. The van der Waals surface area contributed by atoms with E-state index >= 15 is 0 Å². The van der Waals surface area contributed by atoms with Crippen LogP contribution in [0.1, 0.15) is 56.3 Å². The molecule has 0 saturated heterocycles. The number of alkyl halides is 3. The maximum Gasteiger partial charge on any atom is 0.419 e. The van der Waals surface area contributed by atoms with Crippen molar-refractivity contribution in [2.24, 2.45) is 11.8 Å². The molecule has 2 aromatic heterocycles. The van der Waals surface area contributed by atoms with Crippen molar-refractivity contribution in [3.63, 3.8) is 0 Å². The first-order valence-corrected chi connectivity index (χ1v) is 8.68. The molecular formula is C18H21F3N4. The van der Waals surface area contributed by atoms with Crippen molar-refractivity contribution < 1.29 is 13.2 Å². The molecule has 2 N–H and O–H groups in total. The van der Waals surface area contributed by atoms with Gasteiger partial charge in [-0.1, -0.05) is 0 Å². The monoisotopic (exact) mass is 350 g/mol. The van der Waals surface area contributed by atoms with Crippen LogP contribution in [0.25, 0.3) is 11.3 Å². The molecule has 2 heterocycles. The van der Waals surface area contributed by atoms with E-state index in [-0.39, 0.29) is 6.04 Å². The van der Waals surface area contributed by atoms with Crippen LogP contribution in [0.2, 0.25) is 0 Å². The molecule has 0 spiro atoms. The van der Waals surface area contributed by atoms with Gasteiger partial charge in [-0.05, 0) is 57.1 Å². The van der Waals surface area contributed by atoms with Crippen LogP contribution in [0.15, 0.2) is 18.3 Å². The first-order valence-electron chi connectivity index (χ1n) is 8.68. The van der Waals surface area contributed by atoms with E-state index in [9.17, 15) is 13.2 Å². The molecule has 0 aromatic carbocycles. The van der Waals surface area contributed by atoms with E-state index in [2.05, 4.69) is 10.1 Å². The second-order valence-corrected chi connectivity index (χ2v) is 7.51. The van der Waals surface area contributed by atoms with Crippen molar-refractivity contribution in [2.45, 2.75) is 51.2 Å². The molecule has 134 valence electrons. The molecule has 2 unspecified atom stereocenters. The Morgan fingerprint density at radius 3 is 2.44 bits per heavy atom. The molecule has 3 saturated carbocycles. The van der Waals surface area contributed by atoms with E-state index in [1.54, 1.807) is 0 Å². The Bertz CT molecular complexity index is 795. The van der Waals surface area contributed by atoms with E-state index in [4.69, 9.17) is 5.73 Å². The van der Waals surface area contributed by atoms with Crippen LogP contribution >= 0.6 is 0 Å². The molecule has 3 atom stereocenters. The Morgan fingerprint density at radius 2 is 1.88 bits per heavy atom. The molecule has 3 aliphatic rings. The fraction of sp³-hybridized carbons (Fsp3) is 0.556. The molecule has 0 amide bonds. The molecule has 2 bridgehead atoms. The van der Waals surface area contributed by atoms with Crippen molar-refractivity contribution in [1.29, 1.82) is 0 Å². The zero-order valence-corrected chi connectivity index (χ0v) is 14.2. The maximum absolute atomic E-state index is 13.1. The van der Waals surface area contributed by atoms with Gasteiger partial charge >= 0.3 is 6.18 Å². The normalized spacial score (nSPS) is 25.4. The highest BCUT2D eigenvalue weighted by Crippen LogP contribution is 2.59. The largest absolute Gasteiger partial charge is 0.419 e. The van der Waals surface area contributed by atoms with Crippen molar-refractivity contribution in [2.75, 3.05) is 5.73 Å². The van der Waals surface area contributed by atoms with Gasteiger partial charge in [0.15, 0.2) is 0 Å². The summed E-state index contributed by atoms with van der Waals surface area (Å²) in [5, 5.41) is 4.60. The van der Waals surface area contributed by atoms with Gasteiger partial charge in [-0.25, -0.2) is 4.98 Å². The molecule has 5 rings (SSSR count). The van der Waals surface area contributed by atoms with Gasteiger partial charge in [0.2, 0.25) is 0 Å². The standard InChI is InChI=1S/C18H21F3N4/c1-9(2)25-15(16-10-3-4-11(16)5-10)7-14(24-25)12-6-13(18(19,20)21)17(22)23-8-12/h6-11,16H,3-5H2,1-2H3,(H2,22,23)/t10-,11?,16?/m1/s1. The highest BCUT2D eigenvalue weighted by molar-refractivity contribution is 5.63. The molecule has 0 radical (unpaired) electrons. The van der Waals surface area contributed by atoms with Crippen molar-refractivity contribution >= 4 is 5.82 Å². The number of nitrogens with two attached hydrogens (primary N) is 1. The van der Waals surface area contributed by atoms with E-state index in [0.717, 1.165) is 11.8 Å². The second-order valence-electron chi connectivity index (χ2n) is 7.51. The number of pyridine rings is 1. The summed E-state index contributed by atoms with van der Waals surface area (Å²) in [4.78, 5) is 3.74. The lowest BCUT2D eigenvalue weighted by Crippen LogP contribution is -2.28. The number of nitrogens with zero attached hydrogens (tertiary/aromatic N) is 3. The minimum atomic E-state index is -4.52. The van der Waals surface area contributed by atoms with E-state index in [0.29, 0.717) is 29.0 Å². The van der Waals surface area contributed by atoms with Crippen LogP contribution < -0.4 is 5.73 Å². The number of halogens is 3. The molecule has 7 heteroatoms. The van der Waals surface area contributed by atoms with Gasteiger partial charge in [-0.15, -0.1) is 0 Å². The fourth-order valence-electron chi connectivity index (χ4n) is 4.43. The first-order chi connectivity index (χ1) is 11.8. The molecule has 4 nitrogen and oxygen atoms in total. The van der Waals surface area contributed by atoms with E-state index < -0.39 is 17.6 Å². The van der Waals surface area contributed by atoms with Crippen LogP contribution in [0.5, 0.6) is 0 Å². The van der Waals surface area contributed by atoms with Crippen LogP contribution in [0.3, 0.4) is 0 Å². The minimum absolute atomic E-state index is 0.160. The number of nitrogen functional groups attached to an aromatic ring is 1. The molecule has 3 aliphatic carbocycles. The van der Waals surface area contributed by atoms with Crippen molar-refractivity contribution in [1.82, 2.24) is 14.8 Å². The third kappa shape index (κ3) is 2.60. The predicted octanol–water partition coefficient (Wildman–Crippen LogP) is 4.64. The van der Waals surface area contributed by atoms with Gasteiger partial charge in [-0.2, -0.15) is 18.3 Å². The third-order valence-corrected chi connectivity index (χ3v) is 5.64. The lowest BCUT2D eigenvalue weighted by molar-refractivity contribution is -0.137. The number of aromatic nitrogens is 3. The summed E-state index contributed by atoms with van der Waals surface area (Å²) in [7, 11) is 0. The smallest absolute Gasteiger partial charge is 0.383 e. The molecular weight excluding hydrogens is 329 g/mol. The number of fused-ring (bicyclic) bond motifs is 1. The average Bonchev–Trinajstić information content (AvgIpc) is 3.21. The average molecular weight is 350 g/mol. The van der Waals surface area contributed by atoms with Gasteiger partial charge in [0, 0.05) is 29.4 Å². The van der Waals surface area contributed by atoms with Gasteiger partial charge in [0.1, 0.15) is 5.82 Å². The van der Waals surface area contributed by atoms with Crippen molar-refractivity contribution in [3.8, 4) is 11.3 Å². The predicted molar refractivity (Wildman–Crippen MR) is 88.8 cm³/mol. The Balaban J connectivity index is 1.77. The third-order valence-electron chi connectivity index (χ3n) is 5.64. The van der Waals surface area contributed by atoms with Crippen molar-refractivity contribution in [3.05, 3.63) is 29.6 Å². The number of anilines is 1. The van der Waals surface area contributed by atoms with Crippen LogP contribution in [0.4, 0.5) is 19.0 Å². The lowest BCUT2D eigenvalue weighted by atomic mass is 9.70. The Kier molecular flexibility index (Phi) is 3.60. The zero-order valence-electron chi connectivity index (χ0n) is 14.2. The summed E-state index contributed by atoms with van der Waals surface area (Å²) in [5.41, 5.74) is 6.53. The summed E-state index contributed by atoms with van der Waals surface area (Å²) in [6.45, 7) is 4.09. The molecule has 2 aromatic rings. The minimum Gasteiger partial charge on any atom is -0.383 e. The lowest BCUT2D eigenvalue weighted by Gasteiger charge is -2.36. The quantitative estimate of drug-likeness (QED) is 0.877. The highest BCUT2D eigenvalue weighted by atomic mass is 19.4. The summed E-state index contributed by atoms with van der Waals surface area (Å²) in [6, 6.07) is 3.16. The Morgan fingerprint density at radius 1 is 1.20 bits per heavy atom.